The number of halogens is 1. The van der Waals surface area contributed by atoms with Crippen molar-refractivity contribution in [2.45, 2.75) is 26.7 Å². The lowest BCUT2D eigenvalue weighted by molar-refractivity contribution is 0.0951. The maximum Gasteiger partial charge on any atom is 0.256 e. The summed E-state index contributed by atoms with van der Waals surface area (Å²) in [5, 5.41) is 2.98. The number of rotatable bonds is 7. The number of hydrogen-bond acceptors (Lipinski definition) is 4. The predicted molar refractivity (Wildman–Crippen MR) is 96.0 cm³/mol. The molecule has 1 aromatic carbocycles. The second-order valence-corrected chi connectivity index (χ2v) is 6.26. The van der Waals surface area contributed by atoms with Crippen LogP contribution in [0, 0.1) is 11.7 Å². The number of hydrogen-bond donors (Lipinski definition) is 1. The Labute approximate surface area is 147 Å². The zero-order valence-corrected chi connectivity index (χ0v) is 14.6. The number of carbonyl (C=O) groups excluding carboxylic acids is 1. The van der Waals surface area contributed by atoms with E-state index in [1.54, 1.807) is 18.3 Å². The summed E-state index contributed by atoms with van der Waals surface area (Å²) >= 11 is 0. The Morgan fingerprint density at radius 1 is 1.24 bits per heavy atom. The molecule has 3 rings (SSSR count). The van der Waals surface area contributed by atoms with E-state index in [1.165, 1.54) is 25.0 Å². The van der Waals surface area contributed by atoms with Gasteiger partial charge in [-0.2, -0.15) is 0 Å². The van der Waals surface area contributed by atoms with Gasteiger partial charge < -0.3 is 10.2 Å². The molecule has 0 bridgehead atoms. The van der Waals surface area contributed by atoms with Gasteiger partial charge in [-0.15, -0.1) is 0 Å². The summed E-state index contributed by atoms with van der Waals surface area (Å²) < 4.78 is 13.1. The van der Waals surface area contributed by atoms with Crippen LogP contribution in [0.3, 0.4) is 0 Å². The van der Waals surface area contributed by atoms with Crippen molar-refractivity contribution < 1.29 is 9.18 Å². The van der Waals surface area contributed by atoms with Gasteiger partial charge in [-0.25, -0.2) is 14.4 Å². The van der Waals surface area contributed by atoms with E-state index in [0.717, 1.165) is 18.7 Å². The fraction of sp³-hybridized carbons (Fsp3) is 0.421. The van der Waals surface area contributed by atoms with Gasteiger partial charge in [-0.1, -0.05) is 0 Å². The van der Waals surface area contributed by atoms with Crippen molar-refractivity contribution in [3.63, 3.8) is 0 Å². The third-order valence-electron chi connectivity index (χ3n) is 4.43. The third-order valence-corrected chi connectivity index (χ3v) is 4.43. The lowest BCUT2D eigenvalue weighted by Crippen LogP contribution is -2.31. The largest absolute Gasteiger partial charge is 0.356 e. The minimum atomic E-state index is -0.302. The molecular weight excluding hydrogens is 319 g/mol. The number of nitrogens with zero attached hydrogens (tertiary/aromatic N) is 3. The van der Waals surface area contributed by atoms with Crippen LogP contribution in [0.5, 0.6) is 0 Å². The normalized spacial score (nSPS) is 13.6. The van der Waals surface area contributed by atoms with E-state index in [1.807, 2.05) is 18.7 Å². The highest BCUT2D eigenvalue weighted by Crippen LogP contribution is 2.28. The molecule has 0 radical (unpaired) electrons. The molecule has 5 nitrogen and oxygen atoms in total. The average Bonchev–Trinajstić information content (AvgIpc) is 3.46. The third kappa shape index (κ3) is 4.13. The van der Waals surface area contributed by atoms with E-state index in [0.29, 0.717) is 29.7 Å². The SMILES string of the molecule is CCN(CC)c1nc(-c2ccc(F)cc2)ncc1C(=O)NCC1CC1. The molecule has 132 valence electrons. The first-order chi connectivity index (χ1) is 12.1. The first-order valence-electron chi connectivity index (χ1n) is 8.78. The zero-order chi connectivity index (χ0) is 17.8. The molecule has 1 amide bonds. The van der Waals surface area contributed by atoms with Crippen molar-refractivity contribution in [2.24, 2.45) is 5.92 Å². The molecule has 1 aliphatic rings. The monoisotopic (exact) mass is 342 g/mol. The van der Waals surface area contributed by atoms with Crippen LogP contribution in [0.4, 0.5) is 10.2 Å². The van der Waals surface area contributed by atoms with Crippen molar-refractivity contribution >= 4 is 11.7 Å². The maximum absolute atomic E-state index is 13.1. The number of carbonyl (C=O) groups is 1. The Balaban J connectivity index is 1.93. The minimum Gasteiger partial charge on any atom is -0.356 e. The minimum absolute atomic E-state index is 0.139. The lowest BCUT2D eigenvalue weighted by atomic mass is 10.2. The Morgan fingerprint density at radius 3 is 2.52 bits per heavy atom. The molecule has 0 unspecified atom stereocenters. The molecule has 0 spiro atoms. The standard InChI is InChI=1S/C19H23FN4O/c1-3-24(4-2)18-16(19(25)22-11-13-5-6-13)12-21-17(23-18)14-7-9-15(20)10-8-14/h7-10,12-13H,3-6,11H2,1-2H3,(H,22,25). The van der Waals surface area contributed by atoms with E-state index in [4.69, 9.17) is 0 Å². The topological polar surface area (TPSA) is 58.1 Å². The van der Waals surface area contributed by atoms with Gasteiger partial charge in [0.2, 0.25) is 0 Å². The van der Waals surface area contributed by atoms with Gasteiger partial charge in [-0.05, 0) is 56.9 Å². The molecule has 1 heterocycles. The van der Waals surface area contributed by atoms with Crippen molar-refractivity contribution in [3.05, 3.63) is 41.8 Å². The highest BCUT2D eigenvalue weighted by molar-refractivity contribution is 5.98. The molecule has 1 aliphatic carbocycles. The van der Waals surface area contributed by atoms with Crippen LogP contribution >= 0.6 is 0 Å². The van der Waals surface area contributed by atoms with Gasteiger partial charge >= 0.3 is 0 Å². The molecule has 0 aliphatic heterocycles. The summed E-state index contributed by atoms with van der Waals surface area (Å²) in [6, 6.07) is 6.05. The van der Waals surface area contributed by atoms with Crippen LogP contribution in [-0.2, 0) is 0 Å². The Kier molecular flexibility index (Phi) is 5.26. The van der Waals surface area contributed by atoms with Crippen LogP contribution in [0.2, 0.25) is 0 Å². The highest BCUT2D eigenvalue weighted by atomic mass is 19.1. The lowest BCUT2D eigenvalue weighted by Gasteiger charge is -2.22. The Bertz CT molecular complexity index is 740. The molecular formula is C19H23FN4O. The van der Waals surface area contributed by atoms with Gasteiger partial charge in [0.1, 0.15) is 17.2 Å². The fourth-order valence-corrected chi connectivity index (χ4v) is 2.69. The first kappa shape index (κ1) is 17.3. The van der Waals surface area contributed by atoms with Gasteiger partial charge in [0.25, 0.3) is 5.91 Å². The molecule has 1 saturated carbocycles. The van der Waals surface area contributed by atoms with Crippen LogP contribution in [0.15, 0.2) is 30.5 Å². The average molecular weight is 342 g/mol. The summed E-state index contributed by atoms with van der Waals surface area (Å²) in [7, 11) is 0. The van der Waals surface area contributed by atoms with Crippen molar-refractivity contribution in [2.75, 3.05) is 24.5 Å². The summed E-state index contributed by atoms with van der Waals surface area (Å²) in [6.45, 7) is 6.22. The second kappa shape index (κ2) is 7.59. The summed E-state index contributed by atoms with van der Waals surface area (Å²) in [5.41, 5.74) is 1.20. The van der Waals surface area contributed by atoms with Gasteiger partial charge in [-0.3, -0.25) is 4.79 Å². The Hall–Kier alpha value is -2.50. The number of anilines is 1. The summed E-state index contributed by atoms with van der Waals surface area (Å²) in [4.78, 5) is 23.5. The van der Waals surface area contributed by atoms with E-state index >= 15 is 0 Å². The van der Waals surface area contributed by atoms with Gasteiger partial charge in [0, 0.05) is 31.4 Å². The quantitative estimate of drug-likeness (QED) is 0.839. The van der Waals surface area contributed by atoms with E-state index in [9.17, 15) is 9.18 Å². The fourth-order valence-electron chi connectivity index (χ4n) is 2.69. The van der Waals surface area contributed by atoms with Crippen molar-refractivity contribution in [1.29, 1.82) is 0 Å². The molecule has 1 N–H and O–H groups in total. The van der Waals surface area contributed by atoms with E-state index < -0.39 is 0 Å². The molecule has 0 saturated heterocycles. The number of nitrogens with one attached hydrogen (secondary N) is 1. The summed E-state index contributed by atoms with van der Waals surface area (Å²) in [6.07, 6.45) is 3.94. The summed E-state index contributed by atoms with van der Waals surface area (Å²) in [5.74, 6) is 1.27. The molecule has 6 heteroatoms. The molecule has 25 heavy (non-hydrogen) atoms. The molecule has 1 fully saturated rings. The highest BCUT2D eigenvalue weighted by Gasteiger charge is 2.24. The molecule has 1 aromatic heterocycles. The smallest absolute Gasteiger partial charge is 0.256 e. The zero-order valence-electron chi connectivity index (χ0n) is 14.6. The number of amides is 1. The van der Waals surface area contributed by atoms with Crippen molar-refractivity contribution in [3.8, 4) is 11.4 Å². The van der Waals surface area contributed by atoms with Crippen LogP contribution in [0.25, 0.3) is 11.4 Å². The van der Waals surface area contributed by atoms with Crippen LogP contribution < -0.4 is 10.2 Å². The predicted octanol–water partition coefficient (Wildman–Crippen LogP) is 3.27. The molecule has 2 aromatic rings. The number of aromatic nitrogens is 2. The van der Waals surface area contributed by atoms with E-state index in [-0.39, 0.29) is 11.7 Å². The van der Waals surface area contributed by atoms with Crippen LogP contribution in [-0.4, -0.2) is 35.5 Å². The van der Waals surface area contributed by atoms with Crippen LogP contribution in [0.1, 0.15) is 37.0 Å². The van der Waals surface area contributed by atoms with Crippen molar-refractivity contribution in [1.82, 2.24) is 15.3 Å². The second-order valence-electron chi connectivity index (χ2n) is 6.26. The molecule has 0 atom stereocenters. The maximum atomic E-state index is 13.1. The van der Waals surface area contributed by atoms with E-state index in [2.05, 4.69) is 15.3 Å². The Morgan fingerprint density at radius 2 is 1.92 bits per heavy atom. The number of benzene rings is 1. The van der Waals surface area contributed by atoms with Gasteiger partial charge in [0.05, 0.1) is 0 Å². The van der Waals surface area contributed by atoms with Gasteiger partial charge in [0.15, 0.2) is 5.82 Å². The first-order valence-corrected chi connectivity index (χ1v) is 8.78.